The third kappa shape index (κ3) is 4.31. The van der Waals surface area contributed by atoms with E-state index in [0.717, 1.165) is 16.9 Å². The van der Waals surface area contributed by atoms with Crippen molar-refractivity contribution in [1.82, 2.24) is 15.2 Å². The lowest BCUT2D eigenvalue weighted by Crippen LogP contribution is -2.14. The van der Waals surface area contributed by atoms with Gasteiger partial charge in [-0.2, -0.15) is 5.10 Å². The van der Waals surface area contributed by atoms with Crippen LogP contribution in [-0.2, 0) is 10.0 Å². The minimum atomic E-state index is -3.28. The molecule has 0 saturated carbocycles. The van der Waals surface area contributed by atoms with E-state index in [1.54, 1.807) is 38.4 Å². The molecule has 0 radical (unpaired) electrons. The van der Waals surface area contributed by atoms with Crippen LogP contribution in [0.2, 0.25) is 0 Å². The zero-order valence-electron chi connectivity index (χ0n) is 14.4. The lowest BCUT2D eigenvalue weighted by Gasteiger charge is -2.06. The van der Waals surface area contributed by atoms with Crippen LogP contribution >= 0.6 is 0 Å². The number of hydrogen-bond donors (Lipinski definition) is 3. The first-order valence-corrected chi connectivity index (χ1v) is 9.57. The number of ether oxygens (including phenoxy) is 1. The fourth-order valence-electron chi connectivity index (χ4n) is 2.25. The van der Waals surface area contributed by atoms with Crippen molar-refractivity contribution in [3.63, 3.8) is 0 Å². The summed E-state index contributed by atoms with van der Waals surface area (Å²) in [6, 6.07) is 12.5. The minimum Gasteiger partial charge on any atom is -0.481 e. The van der Waals surface area contributed by atoms with E-state index in [0.29, 0.717) is 17.4 Å². The first-order valence-electron chi connectivity index (χ1n) is 7.92. The number of rotatable bonds is 7. The molecule has 0 bridgehead atoms. The molecule has 0 amide bonds. The molecule has 0 spiro atoms. The zero-order chi connectivity index (χ0) is 18.6. The summed E-state index contributed by atoms with van der Waals surface area (Å²) in [5, 5.41) is 10.3. The molecule has 2 aromatic heterocycles. The molecule has 136 valence electrons. The maximum Gasteiger partial charge on any atom is 0.232 e. The Kier molecular flexibility index (Phi) is 5.08. The largest absolute Gasteiger partial charge is 0.481 e. The van der Waals surface area contributed by atoms with Crippen molar-refractivity contribution in [2.75, 3.05) is 22.9 Å². The number of nitrogens with one attached hydrogen (secondary N) is 3. The van der Waals surface area contributed by atoms with Crippen LogP contribution in [0, 0.1) is 0 Å². The fourth-order valence-corrected chi connectivity index (χ4v) is 2.89. The van der Waals surface area contributed by atoms with E-state index < -0.39 is 10.0 Å². The molecule has 1 aromatic carbocycles. The van der Waals surface area contributed by atoms with Crippen LogP contribution < -0.4 is 14.8 Å². The second kappa shape index (κ2) is 7.44. The highest BCUT2D eigenvalue weighted by Gasteiger charge is 2.08. The van der Waals surface area contributed by atoms with Crippen molar-refractivity contribution in [2.45, 2.75) is 6.92 Å². The predicted octanol–water partition coefficient (Wildman–Crippen LogP) is 2.99. The van der Waals surface area contributed by atoms with E-state index in [4.69, 9.17) is 4.74 Å². The number of hydrogen-bond acceptors (Lipinski definition) is 6. The number of benzene rings is 1. The van der Waals surface area contributed by atoms with Crippen molar-refractivity contribution in [2.24, 2.45) is 0 Å². The molecule has 0 atom stereocenters. The topological polar surface area (TPSA) is 109 Å². The van der Waals surface area contributed by atoms with Gasteiger partial charge in [-0.25, -0.2) is 13.4 Å². The quantitative estimate of drug-likeness (QED) is 0.587. The Balaban J connectivity index is 1.73. The summed E-state index contributed by atoms with van der Waals surface area (Å²) >= 11 is 0. The predicted molar refractivity (Wildman–Crippen MR) is 101 cm³/mol. The molecule has 3 rings (SSSR count). The first-order chi connectivity index (χ1) is 12.5. The Morgan fingerprint density at radius 2 is 1.88 bits per heavy atom. The number of pyridine rings is 1. The van der Waals surface area contributed by atoms with Crippen LogP contribution in [0.1, 0.15) is 6.92 Å². The number of methoxy groups -OCH3 is 1. The summed E-state index contributed by atoms with van der Waals surface area (Å²) in [5.41, 5.74) is 3.02. The van der Waals surface area contributed by atoms with Gasteiger partial charge in [0, 0.05) is 29.7 Å². The summed E-state index contributed by atoms with van der Waals surface area (Å²) in [6.45, 7) is 1.59. The summed E-state index contributed by atoms with van der Waals surface area (Å²) in [5.74, 6) is 1.18. The van der Waals surface area contributed by atoms with Crippen LogP contribution in [0.25, 0.3) is 11.3 Å². The molecule has 9 heteroatoms. The average molecular weight is 373 g/mol. The standard InChI is InChI=1S/C17H19N5O3S/c1-3-26(23,24)22-13-6-4-12(5-7-13)15-11-16(21-20-15)19-14-8-9-18-17(10-14)25-2/h4-11,22H,3H2,1-2H3,(H2,18,19,20,21). The van der Waals surface area contributed by atoms with Crippen molar-refractivity contribution >= 4 is 27.2 Å². The highest BCUT2D eigenvalue weighted by atomic mass is 32.2. The lowest BCUT2D eigenvalue weighted by molar-refractivity contribution is 0.398. The Labute approximate surface area is 151 Å². The van der Waals surface area contributed by atoms with Crippen LogP contribution in [0.3, 0.4) is 0 Å². The van der Waals surface area contributed by atoms with Gasteiger partial charge >= 0.3 is 0 Å². The first kappa shape index (κ1) is 17.7. The number of anilines is 3. The zero-order valence-corrected chi connectivity index (χ0v) is 15.2. The van der Waals surface area contributed by atoms with Crippen molar-refractivity contribution < 1.29 is 13.2 Å². The molecule has 8 nitrogen and oxygen atoms in total. The molecular formula is C17H19N5O3S. The van der Waals surface area contributed by atoms with Crippen LogP contribution in [-0.4, -0.2) is 36.5 Å². The maximum atomic E-state index is 11.6. The molecule has 0 unspecified atom stereocenters. The van der Waals surface area contributed by atoms with Crippen molar-refractivity contribution in [3.05, 3.63) is 48.7 Å². The smallest absolute Gasteiger partial charge is 0.232 e. The molecule has 0 aliphatic rings. The number of sulfonamides is 1. The average Bonchev–Trinajstić information content (AvgIpc) is 3.10. The molecular weight excluding hydrogens is 354 g/mol. The Bertz CT molecular complexity index is 984. The van der Waals surface area contributed by atoms with Gasteiger partial charge in [0.25, 0.3) is 0 Å². The van der Waals surface area contributed by atoms with E-state index in [-0.39, 0.29) is 5.75 Å². The van der Waals surface area contributed by atoms with Crippen molar-refractivity contribution in [1.29, 1.82) is 0 Å². The SMILES string of the molecule is CCS(=O)(=O)Nc1ccc(-c2cc(Nc3ccnc(OC)c3)n[nH]2)cc1. The van der Waals surface area contributed by atoms with Gasteiger partial charge in [-0.3, -0.25) is 9.82 Å². The third-order valence-electron chi connectivity index (χ3n) is 3.64. The van der Waals surface area contributed by atoms with E-state index >= 15 is 0 Å². The molecule has 26 heavy (non-hydrogen) atoms. The summed E-state index contributed by atoms with van der Waals surface area (Å²) in [4.78, 5) is 4.05. The monoisotopic (exact) mass is 373 g/mol. The molecule has 3 aromatic rings. The fraction of sp³-hybridized carbons (Fsp3) is 0.176. The summed E-state index contributed by atoms with van der Waals surface area (Å²) < 4.78 is 30.8. The van der Waals surface area contributed by atoms with Crippen LogP contribution in [0.4, 0.5) is 17.2 Å². The van der Waals surface area contributed by atoms with Crippen molar-refractivity contribution in [3.8, 4) is 17.1 Å². The number of aromatic nitrogens is 3. The van der Waals surface area contributed by atoms with E-state index in [1.807, 2.05) is 24.3 Å². The molecule has 0 fully saturated rings. The minimum absolute atomic E-state index is 0.0319. The van der Waals surface area contributed by atoms with Gasteiger partial charge in [0.2, 0.25) is 15.9 Å². The lowest BCUT2D eigenvalue weighted by atomic mass is 10.1. The molecule has 3 N–H and O–H groups in total. The van der Waals surface area contributed by atoms with E-state index in [2.05, 4.69) is 25.2 Å². The van der Waals surface area contributed by atoms with Crippen LogP contribution in [0.5, 0.6) is 5.88 Å². The highest BCUT2D eigenvalue weighted by Crippen LogP contribution is 2.24. The number of nitrogens with zero attached hydrogens (tertiary/aromatic N) is 2. The second-order valence-electron chi connectivity index (χ2n) is 5.46. The summed E-state index contributed by atoms with van der Waals surface area (Å²) in [7, 11) is -1.72. The maximum absolute atomic E-state index is 11.6. The van der Waals surface area contributed by atoms with E-state index in [1.165, 1.54) is 0 Å². The van der Waals surface area contributed by atoms with Gasteiger partial charge in [0.05, 0.1) is 18.6 Å². The van der Waals surface area contributed by atoms with E-state index in [9.17, 15) is 8.42 Å². The molecule has 2 heterocycles. The van der Waals surface area contributed by atoms with Gasteiger partial charge in [-0.1, -0.05) is 12.1 Å². The molecule has 0 aliphatic heterocycles. The highest BCUT2D eigenvalue weighted by molar-refractivity contribution is 7.92. The second-order valence-corrected chi connectivity index (χ2v) is 7.47. The van der Waals surface area contributed by atoms with Gasteiger partial charge in [0.15, 0.2) is 5.82 Å². The Morgan fingerprint density at radius 1 is 1.12 bits per heavy atom. The van der Waals surface area contributed by atoms with Gasteiger partial charge in [-0.05, 0) is 30.7 Å². The third-order valence-corrected chi connectivity index (χ3v) is 4.95. The molecule has 0 aliphatic carbocycles. The van der Waals surface area contributed by atoms with Crippen LogP contribution in [0.15, 0.2) is 48.7 Å². The Hall–Kier alpha value is -3.07. The summed E-state index contributed by atoms with van der Waals surface area (Å²) in [6.07, 6.45) is 1.64. The normalized spacial score (nSPS) is 11.2. The Morgan fingerprint density at radius 3 is 2.58 bits per heavy atom. The van der Waals surface area contributed by atoms with Gasteiger partial charge in [-0.15, -0.1) is 0 Å². The van der Waals surface area contributed by atoms with Gasteiger partial charge < -0.3 is 10.1 Å². The van der Waals surface area contributed by atoms with Gasteiger partial charge in [0.1, 0.15) is 0 Å². The number of aromatic amines is 1. The number of H-pyrrole nitrogens is 1. The molecule has 0 saturated heterocycles.